The summed E-state index contributed by atoms with van der Waals surface area (Å²) in [5.41, 5.74) is 0.697. The molecule has 15 heavy (non-hydrogen) atoms. The van der Waals surface area contributed by atoms with Crippen molar-refractivity contribution in [3.63, 3.8) is 0 Å². The van der Waals surface area contributed by atoms with Crippen LogP contribution in [0.25, 0.3) is 0 Å². The van der Waals surface area contributed by atoms with E-state index in [0.717, 1.165) is 12.0 Å². The summed E-state index contributed by atoms with van der Waals surface area (Å²) in [5, 5.41) is 3.82. The monoisotopic (exact) mass is 210 g/mol. The van der Waals surface area contributed by atoms with Crippen molar-refractivity contribution >= 4 is 0 Å². The Bertz CT molecular complexity index is 211. The van der Waals surface area contributed by atoms with Crippen molar-refractivity contribution in [1.29, 1.82) is 0 Å². The Balaban J connectivity index is 1.75. The summed E-state index contributed by atoms with van der Waals surface area (Å²) in [6.45, 7) is 8.52. The van der Waals surface area contributed by atoms with E-state index in [4.69, 9.17) is 0 Å². The summed E-state index contributed by atoms with van der Waals surface area (Å²) in [7, 11) is 2.24. The number of piperidine rings is 1. The highest BCUT2D eigenvalue weighted by Gasteiger charge is 2.41. The number of likely N-dealkylation sites (tertiary alicyclic amines) is 1. The molecule has 0 aromatic rings. The lowest BCUT2D eigenvalue weighted by Crippen LogP contribution is -2.48. The molecular weight excluding hydrogens is 184 g/mol. The van der Waals surface area contributed by atoms with Crippen LogP contribution in [0, 0.1) is 11.3 Å². The molecule has 2 rings (SSSR count). The summed E-state index contributed by atoms with van der Waals surface area (Å²) in [5.74, 6) is 0.816. The molecule has 0 spiro atoms. The Morgan fingerprint density at radius 2 is 2.13 bits per heavy atom. The molecule has 2 heteroatoms. The van der Waals surface area contributed by atoms with Gasteiger partial charge in [0.1, 0.15) is 0 Å². The molecule has 88 valence electrons. The molecular formula is C13H26N2. The minimum Gasteiger partial charge on any atom is -0.313 e. The topological polar surface area (TPSA) is 15.3 Å². The third-order valence-corrected chi connectivity index (χ3v) is 4.55. The van der Waals surface area contributed by atoms with Crippen LogP contribution in [-0.4, -0.2) is 37.6 Å². The van der Waals surface area contributed by atoms with Crippen LogP contribution in [0.1, 0.15) is 39.5 Å². The molecule has 1 N–H and O–H groups in total. The van der Waals surface area contributed by atoms with Crippen molar-refractivity contribution in [2.24, 2.45) is 11.3 Å². The maximum Gasteiger partial charge on any atom is 0.0117 e. The Morgan fingerprint density at radius 3 is 2.67 bits per heavy atom. The van der Waals surface area contributed by atoms with Crippen LogP contribution in [0.15, 0.2) is 0 Å². The van der Waals surface area contributed by atoms with Crippen LogP contribution < -0.4 is 5.32 Å². The van der Waals surface area contributed by atoms with Gasteiger partial charge in [0.05, 0.1) is 0 Å². The molecule has 1 saturated carbocycles. The van der Waals surface area contributed by atoms with Crippen molar-refractivity contribution in [3.8, 4) is 0 Å². The zero-order valence-electron chi connectivity index (χ0n) is 10.6. The van der Waals surface area contributed by atoms with Crippen LogP contribution in [0.3, 0.4) is 0 Å². The molecule has 0 aromatic heterocycles. The second-order valence-corrected chi connectivity index (χ2v) is 5.87. The van der Waals surface area contributed by atoms with Gasteiger partial charge in [0, 0.05) is 19.1 Å². The van der Waals surface area contributed by atoms with Crippen LogP contribution in [-0.2, 0) is 0 Å². The van der Waals surface area contributed by atoms with Gasteiger partial charge >= 0.3 is 0 Å². The smallest absolute Gasteiger partial charge is 0.0117 e. The number of nitrogens with zero attached hydrogens (tertiary/aromatic N) is 1. The first kappa shape index (κ1) is 11.4. The van der Waals surface area contributed by atoms with Crippen molar-refractivity contribution < 1.29 is 0 Å². The van der Waals surface area contributed by atoms with Crippen molar-refractivity contribution in [2.45, 2.75) is 45.6 Å². The minimum absolute atomic E-state index is 0.697. The largest absolute Gasteiger partial charge is 0.313 e. The number of hydrogen-bond acceptors (Lipinski definition) is 2. The van der Waals surface area contributed by atoms with Crippen LogP contribution in [0.4, 0.5) is 0 Å². The van der Waals surface area contributed by atoms with E-state index in [1.165, 1.54) is 45.3 Å². The highest BCUT2D eigenvalue weighted by Crippen LogP contribution is 2.48. The summed E-state index contributed by atoms with van der Waals surface area (Å²) in [4.78, 5) is 2.45. The van der Waals surface area contributed by atoms with E-state index in [1.807, 2.05) is 0 Å². The highest BCUT2D eigenvalue weighted by atomic mass is 15.1. The molecule has 2 fully saturated rings. The lowest BCUT2D eigenvalue weighted by molar-refractivity contribution is 0.169. The molecule has 0 aromatic carbocycles. The molecule has 1 aliphatic carbocycles. The van der Waals surface area contributed by atoms with Gasteiger partial charge in [-0.05, 0) is 50.6 Å². The van der Waals surface area contributed by atoms with Gasteiger partial charge < -0.3 is 10.2 Å². The first-order valence-corrected chi connectivity index (χ1v) is 6.57. The highest BCUT2D eigenvalue weighted by molar-refractivity contribution is 4.95. The van der Waals surface area contributed by atoms with E-state index < -0.39 is 0 Å². The Labute approximate surface area is 94.4 Å². The first-order chi connectivity index (χ1) is 7.15. The third-order valence-electron chi connectivity index (χ3n) is 4.55. The van der Waals surface area contributed by atoms with E-state index >= 15 is 0 Å². The second kappa shape index (κ2) is 4.42. The standard InChI is InChI=1S/C13H26N2/c1-4-13(6-7-13)10-14-12-5-8-15(3)9-11(12)2/h11-12,14H,4-10H2,1-3H3. The Kier molecular flexibility index (Phi) is 3.36. The minimum atomic E-state index is 0.697. The molecule has 2 aliphatic rings. The zero-order chi connectivity index (χ0) is 10.9. The molecule has 0 bridgehead atoms. The molecule has 2 unspecified atom stereocenters. The fraction of sp³-hybridized carbons (Fsp3) is 1.00. The van der Waals surface area contributed by atoms with E-state index in [2.05, 4.69) is 31.1 Å². The lowest BCUT2D eigenvalue weighted by Gasteiger charge is -2.36. The van der Waals surface area contributed by atoms with Crippen LogP contribution in [0.2, 0.25) is 0 Å². The Morgan fingerprint density at radius 1 is 1.40 bits per heavy atom. The second-order valence-electron chi connectivity index (χ2n) is 5.87. The van der Waals surface area contributed by atoms with Gasteiger partial charge in [0.15, 0.2) is 0 Å². The first-order valence-electron chi connectivity index (χ1n) is 6.57. The average molecular weight is 210 g/mol. The van der Waals surface area contributed by atoms with Crippen molar-refractivity contribution in [1.82, 2.24) is 10.2 Å². The van der Waals surface area contributed by atoms with Crippen LogP contribution >= 0.6 is 0 Å². The van der Waals surface area contributed by atoms with Gasteiger partial charge in [-0.15, -0.1) is 0 Å². The molecule has 1 saturated heterocycles. The quantitative estimate of drug-likeness (QED) is 0.764. The average Bonchev–Trinajstić information content (AvgIpc) is 2.97. The van der Waals surface area contributed by atoms with Gasteiger partial charge in [-0.1, -0.05) is 13.8 Å². The molecule has 1 heterocycles. The summed E-state index contributed by atoms with van der Waals surface area (Å²) < 4.78 is 0. The molecule has 0 radical (unpaired) electrons. The third kappa shape index (κ3) is 2.73. The lowest BCUT2D eigenvalue weighted by atomic mass is 9.93. The van der Waals surface area contributed by atoms with Gasteiger partial charge in [0.2, 0.25) is 0 Å². The maximum atomic E-state index is 3.82. The zero-order valence-corrected chi connectivity index (χ0v) is 10.6. The number of nitrogens with one attached hydrogen (secondary N) is 1. The number of rotatable bonds is 4. The fourth-order valence-electron chi connectivity index (χ4n) is 2.84. The normalized spacial score (nSPS) is 35.4. The van der Waals surface area contributed by atoms with Gasteiger partial charge in [0.25, 0.3) is 0 Å². The van der Waals surface area contributed by atoms with E-state index in [9.17, 15) is 0 Å². The molecule has 1 aliphatic heterocycles. The van der Waals surface area contributed by atoms with Crippen LogP contribution in [0.5, 0.6) is 0 Å². The number of hydrogen-bond donors (Lipinski definition) is 1. The summed E-state index contributed by atoms with van der Waals surface area (Å²) >= 11 is 0. The SMILES string of the molecule is CCC1(CNC2CCN(C)CC2C)CC1. The van der Waals surface area contributed by atoms with Gasteiger partial charge in [-0.25, -0.2) is 0 Å². The molecule has 2 atom stereocenters. The summed E-state index contributed by atoms with van der Waals surface area (Å²) in [6, 6.07) is 0.769. The molecule has 2 nitrogen and oxygen atoms in total. The van der Waals surface area contributed by atoms with E-state index in [0.29, 0.717) is 5.41 Å². The van der Waals surface area contributed by atoms with E-state index in [1.54, 1.807) is 0 Å². The van der Waals surface area contributed by atoms with Gasteiger partial charge in [-0.3, -0.25) is 0 Å². The van der Waals surface area contributed by atoms with Crippen molar-refractivity contribution in [3.05, 3.63) is 0 Å². The molecule has 0 amide bonds. The Hall–Kier alpha value is -0.0800. The predicted octanol–water partition coefficient (Wildman–Crippen LogP) is 2.11. The van der Waals surface area contributed by atoms with Crippen molar-refractivity contribution in [2.75, 3.05) is 26.7 Å². The summed E-state index contributed by atoms with van der Waals surface area (Å²) in [6.07, 6.45) is 5.60. The maximum absolute atomic E-state index is 3.82. The van der Waals surface area contributed by atoms with E-state index in [-0.39, 0.29) is 0 Å². The fourth-order valence-corrected chi connectivity index (χ4v) is 2.84. The predicted molar refractivity (Wildman–Crippen MR) is 65.0 cm³/mol. The van der Waals surface area contributed by atoms with Gasteiger partial charge in [-0.2, -0.15) is 0 Å².